The van der Waals surface area contributed by atoms with Crippen LogP contribution in [-0.2, 0) is 9.47 Å². The molecule has 0 unspecified atom stereocenters. The second-order valence-electron chi connectivity index (χ2n) is 17.3. The second kappa shape index (κ2) is 11.8. The molecule has 5 rings (SSSR count). The fraction of sp³-hybridized carbons (Fsp3) is 0.944. The first kappa shape index (κ1) is 34.7. The van der Waals surface area contributed by atoms with Gasteiger partial charge in [-0.3, -0.25) is 0 Å². The summed E-state index contributed by atoms with van der Waals surface area (Å²) in [7, 11) is 0. The highest BCUT2D eigenvalue weighted by molar-refractivity contribution is 5.20. The minimum atomic E-state index is -1.46. The van der Waals surface area contributed by atoms with Gasteiger partial charge in [0.2, 0.25) is 0 Å². The molecule has 0 bridgehead atoms. The highest BCUT2D eigenvalue weighted by Gasteiger charge is 2.71. The van der Waals surface area contributed by atoms with Crippen LogP contribution < -0.4 is 0 Å². The van der Waals surface area contributed by atoms with Crippen LogP contribution in [0.2, 0.25) is 0 Å². The Bertz CT molecular complexity index is 1070. The minimum Gasteiger partial charge on any atom is -0.394 e. The molecule has 5 fully saturated rings. The Hall–Kier alpha value is -0.580. The molecule has 4 aliphatic carbocycles. The van der Waals surface area contributed by atoms with Gasteiger partial charge in [-0.25, -0.2) is 0 Å². The van der Waals surface area contributed by atoms with Crippen molar-refractivity contribution in [3.8, 4) is 0 Å². The van der Waals surface area contributed by atoms with E-state index >= 15 is 0 Å². The highest BCUT2D eigenvalue weighted by Crippen LogP contribution is 2.76. The van der Waals surface area contributed by atoms with Gasteiger partial charge in [0.15, 0.2) is 6.29 Å². The number of rotatable bonds is 7. The molecule has 4 saturated carbocycles. The summed E-state index contributed by atoms with van der Waals surface area (Å²) in [6.07, 6.45) is 3.15. The van der Waals surface area contributed by atoms with Gasteiger partial charge in [0.25, 0.3) is 0 Å². The van der Waals surface area contributed by atoms with Crippen LogP contribution >= 0.6 is 0 Å². The number of aliphatic hydroxyl groups excluding tert-OH is 5. The van der Waals surface area contributed by atoms with Crippen LogP contribution in [0.4, 0.5) is 0 Å². The molecule has 0 aromatic heterocycles. The molecule has 0 spiro atoms. The van der Waals surface area contributed by atoms with Gasteiger partial charge in [-0.2, -0.15) is 0 Å². The second-order valence-corrected chi connectivity index (χ2v) is 17.3. The Morgan fingerprint density at radius 3 is 2.18 bits per heavy atom. The molecule has 1 heterocycles. The van der Waals surface area contributed by atoms with Gasteiger partial charge in [-0.05, 0) is 124 Å². The summed E-state index contributed by atoms with van der Waals surface area (Å²) in [6.45, 7) is 17.5. The van der Waals surface area contributed by atoms with E-state index in [1.165, 1.54) is 5.57 Å². The van der Waals surface area contributed by atoms with Gasteiger partial charge in [0, 0.05) is 0 Å². The fourth-order valence-corrected chi connectivity index (χ4v) is 11.9. The van der Waals surface area contributed by atoms with Gasteiger partial charge in [0.1, 0.15) is 24.4 Å². The summed E-state index contributed by atoms with van der Waals surface area (Å²) in [5.74, 6) is 0.792. The monoisotopic (exact) mass is 622 g/mol. The predicted molar refractivity (Wildman–Crippen MR) is 168 cm³/mol. The van der Waals surface area contributed by atoms with Gasteiger partial charge in [-0.1, -0.05) is 46.3 Å². The van der Waals surface area contributed by atoms with Crippen LogP contribution in [0, 0.1) is 45.3 Å². The van der Waals surface area contributed by atoms with E-state index in [0.717, 1.165) is 51.4 Å². The van der Waals surface area contributed by atoms with E-state index in [0.29, 0.717) is 18.3 Å². The third kappa shape index (κ3) is 5.26. The molecule has 6 N–H and O–H groups in total. The number of fused-ring (bicyclic) bond motifs is 5. The van der Waals surface area contributed by atoms with Crippen LogP contribution in [0.3, 0.4) is 0 Å². The zero-order valence-electron chi connectivity index (χ0n) is 28.5. The lowest BCUT2D eigenvalue weighted by Gasteiger charge is -2.70. The lowest BCUT2D eigenvalue weighted by atomic mass is 9.35. The fourth-order valence-electron chi connectivity index (χ4n) is 11.9. The van der Waals surface area contributed by atoms with E-state index in [1.807, 2.05) is 6.92 Å². The van der Waals surface area contributed by atoms with Gasteiger partial charge in [-0.15, -0.1) is 0 Å². The summed E-state index contributed by atoms with van der Waals surface area (Å²) in [5, 5.41) is 64.8. The van der Waals surface area contributed by atoms with E-state index in [9.17, 15) is 30.6 Å². The largest absolute Gasteiger partial charge is 0.394 e. The molecule has 15 atom stereocenters. The van der Waals surface area contributed by atoms with E-state index in [4.69, 9.17) is 9.47 Å². The minimum absolute atomic E-state index is 0.0231. The normalized spacial score (nSPS) is 51.5. The first-order chi connectivity index (χ1) is 20.3. The molecule has 0 aromatic rings. The van der Waals surface area contributed by atoms with Gasteiger partial charge >= 0.3 is 0 Å². The van der Waals surface area contributed by atoms with Gasteiger partial charge in [0.05, 0.1) is 24.4 Å². The zero-order valence-corrected chi connectivity index (χ0v) is 28.5. The third-order valence-corrected chi connectivity index (χ3v) is 14.5. The Morgan fingerprint density at radius 1 is 0.886 bits per heavy atom. The van der Waals surface area contributed by atoms with E-state index in [2.05, 4.69) is 54.5 Å². The van der Waals surface area contributed by atoms with Crippen LogP contribution in [0.5, 0.6) is 0 Å². The van der Waals surface area contributed by atoms with Crippen molar-refractivity contribution in [2.45, 2.75) is 162 Å². The van der Waals surface area contributed by atoms with E-state index in [1.54, 1.807) is 0 Å². The summed E-state index contributed by atoms with van der Waals surface area (Å²) in [6, 6.07) is 0. The number of ether oxygens (including phenoxy) is 2. The van der Waals surface area contributed by atoms with Crippen molar-refractivity contribution in [2.75, 3.05) is 6.61 Å². The molecule has 1 aliphatic heterocycles. The zero-order chi connectivity index (χ0) is 32.6. The first-order valence-corrected chi connectivity index (χ1v) is 17.3. The van der Waals surface area contributed by atoms with Gasteiger partial charge < -0.3 is 40.1 Å². The average molecular weight is 623 g/mol. The van der Waals surface area contributed by atoms with Crippen molar-refractivity contribution >= 4 is 0 Å². The highest BCUT2D eigenvalue weighted by atomic mass is 16.7. The lowest BCUT2D eigenvalue weighted by Crippen LogP contribution is -2.67. The quantitative estimate of drug-likeness (QED) is 0.182. The average Bonchev–Trinajstić information content (AvgIpc) is 3.32. The first-order valence-electron chi connectivity index (χ1n) is 17.3. The molecule has 1 saturated heterocycles. The smallest absolute Gasteiger partial charge is 0.186 e. The van der Waals surface area contributed by atoms with E-state index < -0.39 is 49.0 Å². The summed E-state index contributed by atoms with van der Waals surface area (Å²) < 4.78 is 12.2. The Kier molecular flexibility index (Phi) is 9.35. The SMILES string of the molecule is CC(C)=CCC[C@@](C)(O)[C@H]1CC[C@]2(C)[C@@H]1[C@H](O)C[C@@H]1[C@@]3(C)CC[C@H](O[C@H]4O[C@@H](CO)[C@H](O)[C@@H](O)[C@@H]4O)C(C)(C)[C@@H]3CC[C@]12C. The molecular weight excluding hydrogens is 560 g/mol. The van der Waals surface area contributed by atoms with Crippen LogP contribution in [0.25, 0.3) is 0 Å². The number of hydrogen-bond acceptors (Lipinski definition) is 8. The standard InChI is InChI=1S/C36H62O8/c1-20(2)10-9-14-36(8,42)21-11-16-35(7)27(21)22(38)18-25-33(5)15-13-26(32(3,4)24(33)12-17-34(25,35)6)44-31-30(41)29(40)28(39)23(19-37)43-31/h10,21-31,37-42H,9,11-19H2,1-8H3/t21-,22+,23-,24-,25+,26-,27-,28-,29+,30-,31+,33-,34+,35+,36+/m0/s1. The van der Waals surface area contributed by atoms with Crippen LogP contribution in [0.1, 0.15) is 113 Å². The summed E-state index contributed by atoms with van der Waals surface area (Å²) in [5.41, 5.74) is 0.122. The Labute approximate surface area is 265 Å². The third-order valence-electron chi connectivity index (χ3n) is 14.5. The van der Waals surface area contributed by atoms with Crippen LogP contribution in [0.15, 0.2) is 11.6 Å². The molecular formula is C36H62O8. The predicted octanol–water partition coefficient (Wildman–Crippen LogP) is 4.32. The molecule has 0 amide bonds. The molecule has 8 heteroatoms. The topological polar surface area (TPSA) is 140 Å². The lowest BCUT2D eigenvalue weighted by molar-refractivity contribution is -0.332. The molecule has 0 aromatic carbocycles. The maximum Gasteiger partial charge on any atom is 0.186 e. The van der Waals surface area contributed by atoms with Crippen LogP contribution in [-0.4, -0.2) is 85.8 Å². The summed E-state index contributed by atoms with van der Waals surface area (Å²) >= 11 is 0. The maximum absolute atomic E-state index is 12.0. The maximum atomic E-state index is 12.0. The molecule has 0 radical (unpaired) electrons. The summed E-state index contributed by atoms with van der Waals surface area (Å²) in [4.78, 5) is 0. The molecule has 44 heavy (non-hydrogen) atoms. The Balaban J connectivity index is 1.37. The number of aliphatic hydroxyl groups is 6. The van der Waals surface area contributed by atoms with Crippen molar-refractivity contribution in [2.24, 2.45) is 45.3 Å². The molecule has 8 nitrogen and oxygen atoms in total. The molecule has 254 valence electrons. The van der Waals surface area contributed by atoms with E-state index in [-0.39, 0.29) is 39.6 Å². The number of hydrogen-bond donors (Lipinski definition) is 6. The number of allylic oxidation sites excluding steroid dienone is 2. The van der Waals surface area contributed by atoms with Crippen molar-refractivity contribution in [3.63, 3.8) is 0 Å². The van der Waals surface area contributed by atoms with Crippen molar-refractivity contribution in [1.82, 2.24) is 0 Å². The molecule has 5 aliphatic rings. The Morgan fingerprint density at radius 2 is 1.55 bits per heavy atom. The van der Waals surface area contributed by atoms with Crippen molar-refractivity contribution in [1.29, 1.82) is 0 Å². The van der Waals surface area contributed by atoms with Crippen molar-refractivity contribution < 1.29 is 40.1 Å². The van der Waals surface area contributed by atoms with Crippen molar-refractivity contribution in [3.05, 3.63) is 11.6 Å².